The number of rotatable bonds is 8. The molecule has 0 bridgehead atoms. The van der Waals surface area contributed by atoms with Crippen LogP contribution in [-0.4, -0.2) is 43.8 Å². The van der Waals surface area contributed by atoms with Crippen LogP contribution >= 0.6 is 0 Å². The van der Waals surface area contributed by atoms with E-state index in [-0.39, 0.29) is 22.8 Å². The first-order valence-corrected chi connectivity index (χ1v) is 11.6. The van der Waals surface area contributed by atoms with E-state index in [1.807, 2.05) is 0 Å². The molecule has 0 saturated carbocycles. The lowest BCUT2D eigenvalue weighted by Gasteiger charge is -2.18. The summed E-state index contributed by atoms with van der Waals surface area (Å²) in [5.41, 5.74) is 1.75. The smallest absolute Gasteiger partial charge is 0.484 e. The fourth-order valence-electron chi connectivity index (χ4n) is 3.16. The zero-order valence-electron chi connectivity index (χ0n) is 19.0. The molecule has 3 aromatic rings. The Kier molecular flexibility index (Phi) is 7.80. The number of hydrogen-bond donors (Lipinski definition) is 0. The fraction of sp³-hybridized carbons (Fsp3) is 0.409. The van der Waals surface area contributed by atoms with E-state index in [2.05, 4.69) is 9.97 Å². The van der Waals surface area contributed by atoms with Crippen molar-refractivity contribution in [1.82, 2.24) is 14.5 Å². The van der Waals surface area contributed by atoms with Gasteiger partial charge in [-0.05, 0) is 45.9 Å². The summed E-state index contributed by atoms with van der Waals surface area (Å²) in [4.78, 5) is 20.6. The first-order valence-electron chi connectivity index (χ1n) is 10.3. The van der Waals surface area contributed by atoms with Crippen molar-refractivity contribution in [3.05, 3.63) is 47.8 Å². The van der Waals surface area contributed by atoms with Crippen molar-refractivity contribution in [3.63, 3.8) is 0 Å². The van der Waals surface area contributed by atoms with Crippen LogP contribution in [0.15, 0.2) is 41.7 Å². The summed E-state index contributed by atoms with van der Waals surface area (Å²) in [7, 11) is -1.78. The zero-order chi connectivity index (χ0) is 25.0. The lowest BCUT2D eigenvalue weighted by molar-refractivity contribution is -0.153. The standard InChI is InChI=1S/C22H24F3N3O5S/c1-13(2)32-21(29)33-15(4)28-18-8-6-5-7-16(18)27-20(28)34(30)11-17-14(3)19(9-10-26-17)31-12-22(23,24)25/h5-10,13,15H,11-12H2,1-4H3/t15?,34-/m0/s1. The van der Waals surface area contributed by atoms with Gasteiger partial charge in [-0.25, -0.2) is 9.78 Å². The van der Waals surface area contributed by atoms with Gasteiger partial charge in [0.05, 0.1) is 39.4 Å². The number of aromatic nitrogens is 3. The highest BCUT2D eigenvalue weighted by atomic mass is 32.2. The average molecular weight is 500 g/mol. The molecule has 0 radical (unpaired) electrons. The van der Waals surface area contributed by atoms with Gasteiger partial charge in [-0.2, -0.15) is 13.2 Å². The van der Waals surface area contributed by atoms with E-state index >= 15 is 0 Å². The molecule has 8 nitrogen and oxygen atoms in total. The lowest BCUT2D eigenvalue weighted by atomic mass is 10.2. The van der Waals surface area contributed by atoms with E-state index in [1.165, 1.54) is 16.8 Å². The molecule has 0 N–H and O–H groups in total. The quantitative estimate of drug-likeness (QED) is 0.400. The number of ether oxygens (including phenoxy) is 3. The number of fused-ring (bicyclic) bond motifs is 1. The van der Waals surface area contributed by atoms with Crippen LogP contribution in [0.25, 0.3) is 11.0 Å². The molecule has 0 aliphatic carbocycles. The second kappa shape index (κ2) is 10.4. The van der Waals surface area contributed by atoms with Crippen molar-refractivity contribution in [1.29, 1.82) is 0 Å². The second-order valence-corrected chi connectivity index (χ2v) is 9.01. The van der Waals surface area contributed by atoms with Gasteiger partial charge in [0.25, 0.3) is 0 Å². The Morgan fingerprint density at radius 1 is 1.15 bits per heavy atom. The molecule has 34 heavy (non-hydrogen) atoms. The molecule has 0 fully saturated rings. The Morgan fingerprint density at radius 3 is 2.53 bits per heavy atom. The molecule has 0 aliphatic heterocycles. The van der Waals surface area contributed by atoms with Gasteiger partial charge in [-0.15, -0.1) is 0 Å². The Bertz CT molecular complexity index is 1200. The molecular formula is C22H24F3N3O5S. The topological polar surface area (TPSA) is 92.5 Å². The maximum absolute atomic E-state index is 13.3. The number of hydrogen-bond acceptors (Lipinski definition) is 7. The molecule has 1 unspecified atom stereocenters. The molecule has 12 heteroatoms. The Morgan fingerprint density at radius 2 is 1.85 bits per heavy atom. The van der Waals surface area contributed by atoms with Crippen LogP contribution in [0.2, 0.25) is 0 Å². The third kappa shape index (κ3) is 6.25. The van der Waals surface area contributed by atoms with Gasteiger partial charge >= 0.3 is 12.3 Å². The number of carbonyl (C=O) groups is 1. The van der Waals surface area contributed by atoms with Gasteiger partial charge in [0.1, 0.15) is 5.75 Å². The van der Waals surface area contributed by atoms with Crippen molar-refractivity contribution in [2.45, 2.75) is 57.1 Å². The molecule has 2 atom stereocenters. The minimum atomic E-state index is -4.49. The first kappa shape index (κ1) is 25.5. The monoisotopic (exact) mass is 499 g/mol. The highest BCUT2D eigenvalue weighted by molar-refractivity contribution is 7.84. The van der Waals surface area contributed by atoms with E-state index < -0.39 is 36.0 Å². The minimum absolute atomic E-state index is 0.000889. The van der Waals surface area contributed by atoms with Crippen molar-refractivity contribution in [3.8, 4) is 5.75 Å². The van der Waals surface area contributed by atoms with E-state index in [1.54, 1.807) is 52.0 Å². The highest BCUT2D eigenvalue weighted by Gasteiger charge is 2.29. The molecule has 0 amide bonds. The van der Waals surface area contributed by atoms with Crippen molar-refractivity contribution in [2.75, 3.05) is 6.61 Å². The van der Waals surface area contributed by atoms with E-state index in [0.29, 0.717) is 22.3 Å². The summed E-state index contributed by atoms with van der Waals surface area (Å²) >= 11 is 0. The molecular weight excluding hydrogens is 475 g/mol. The van der Waals surface area contributed by atoms with Crippen LogP contribution in [0.1, 0.15) is 38.3 Å². The molecule has 3 rings (SSSR count). The van der Waals surface area contributed by atoms with Crippen LogP contribution in [0.3, 0.4) is 0 Å². The SMILES string of the molecule is Cc1c(OCC(F)(F)F)ccnc1C[S@](=O)c1nc2ccccc2n1C(C)OC(=O)OC(C)C. The lowest BCUT2D eigenvalue weighted by Crippen LogP contribution is -2.21. The van der Waals surface area contributed by atoms with Gasteiger partial charge < -0.3 is 14.2 Å². The number of carbonyl (C=O) groups excluding carboxylic acids is 1. The summed E-state index contributed by atoms with van der Waals surface area (Å²) in [6.45, 7) is 5.05. The Hall–Kier alpha value is -3.15. The van der Waals surface area contributed by atoms with Crippen molar-refractivity contribution in [2.24, 2.45) is 0 Å². The summed E-state index contributed by atoms with van der Waals surface area (Å²) in [6, 6.07) is 8.31. The summed E-state index contributed by atoms with van der Waals surface area (Å²) in [5.74, 6) is -0.136. The van der Waals surface area contributed by atoms with Crippen LogP contribution in [-0.2, 0) is 26.0 Å². The molecule has 0 spiro atoms. The number of imidazole rings is 1. The summed E-state index contributed by atoms with van der Waals surface area (Å²) < 4.78 is 67.7. The third-order valence-corrected chi connectivity index (χ3v) is 5.88. The maximum Gasteiger partial charge on any atom is 0.510 e. The van der Waals surface area contributed by atoms with Crippen LogP contribution in [0.5, 0.6) is 5.75 Å². The Labute approximate surface area is 196 Å². The van der Waals surface area contributed by atoms with Gasteiger partial charge in [-0.3, -0.25) is 13.8 Å². The molecule has 2 heterocycles. The number of benzene rings is 1. The predicted molar refractivity (Wildman–Crippen MR) is 118 cm³/mol. The number of alkyl halides is 3. The zero-order valence-corrected chi connectivity index (χ0v) is 19.8. The molecule has 184 valence electrons. The molecule has 2 aromatic heterocycles. The van der Waals surface area contributed by atoms with Crippen LogP contribution in [0.4, 0.5) is 18.0 Å². The molecule has 0 saturated heterocycles. The first-order chi connectivity index (χ1) is 16.0. The highest BCUT2D eigenvalue weighted by Crippen LogP contribution is 2.28. The molecule has 0 aliphatic rings. The summed E-state index contributed by atoms with van der Waals surface area (Å²) in [6.07, 6.45) is -5.36. The number of nitrogens with zero attached hydrogens (tertiary/aromatic N) is 3. The van der Waals surface area contributed by atoms with Gasteiger partial charge in [0, 0.05) is 11.8 Å². The third-order valence-electron chi connectivity index (χ3n) is 4.65. The second-order valence-electron chi connectivity index (χ2n) is 7.66. The number of halogens is 3. The minimum Gasteiger partial charge on any atom is -0.484 e. The van der Waals surface area contributed by atoms with Crippen molar-refractivity contribution >= 4 is 28.0 Å². The Balaban J connectivity index is 1.90. The number of pyridine rings is 1. The summed E-state index contributed by atoms with van der Waals surface area (Å²) in [5, 5.41) is 0.119. The average Bonchev–Trinajstić information content (AvgIpc) is 3.13. The normalized spacial score (nSPS) is 13.6. The van der Waals surface area contributed by atoms with Gasteiger partial charge in [-0.1, -0.05) is 12.1 Å². The van der Waals surface area contributed by atoms with E-state index in [0.717, 1.165) is 0 Å². The fourth-order valence-corrected chi connectivity index (χ4v) is 4.49. The van der Waals surface area contributed by atoms with Crippen LogP contribution in [0, 0.1) is 6.92 Å². The number of para-hydroxylation sites is 2. The van der Waals surface area contributed by atoms with E-state index in [9.17, 15) is 22.2 Å². The van der Waals surface area contributed by atoms with Crippen molar-refractivity contribution < 1.29 is 36.4 Å². The molecule has 1 aromatic carbocycles. The van der Waals surface area contributed by atoms with Gasteiger partial charge in [0.2, 0.25) is 5.16 Å². The van der Waals surface area contributed by atoms with Crippen LogP contribution < -0.4 is 4.74 Å². The largest absolute Gasteiger partial charge is 0.510 e. The maximum atomic E-state index is 13.3. The van der Waals surface area contributed by atoms with Gasteiger partial charge in [0.15, 0.2) is 12.8 Å². The van der Waals surface area contributed by atoms with E-state index in [4.69, 9.17) is 14.2 Å². The predicted octanol–water partition coefficient (Wildman–Crippen LogP) is 5.07.